The van der Waals surface area contributed by atoms with Gasteiger partial charge in [-0.25, -0.2) is 13.7 Å². The van der Waals surface area contributed by atoms with Crippen LogP contribution in [-0.4, -0.2) is 104 Å². The molecular formula is C28H35N11O19P3-3. The monoisotopic (exact) mass is 922 g/mol. The first-order chi connectivity index (χ1) is 28.8. The Kier molecular flexibility index (Phi) is 20.2. The van der Waals surface area contributed by atoms with Gasteiger partial charge >= 0.3 is 13.5 Å². The number of H-pyrrole nitrogens is 1. The van der Waals surface area contributed by atoms with Crippen molar-refractivity contribution in [3.05, 3.63) is 83.3 Å². The number of aromatic amines is 1. The van der Waals surface area contributed by atoms with Crippen LogP contribution in [0.4, 0.5) is 0 Å². The van der Waals surface area contributed by atoms with Crippen molar-refractivity contribution in [3.63, 3.8) is 0 Å². The number of aromatic nitrogens is 2. The van der Waals surface area contributed by atoms with Crippen molar-refractivity contribution >= 4 is 35.3 Å². The predicted molar refractivity (Wildman–Crippen MR) is 195 cm³/mol. The van der Waals surface area contributed by atoms with Crippen molar-refractivity contribution in [2.45, 2.75) is 31.1 Å². The maximum Gasteiger partial charge on any atom is 0.482 e. The zero-order chi connectivity index (χ0) is 45.1. The molecule has 1 fully saturated rings. The number of benzene rings is 1. The van der Waals surface area contributed by atoms with Gasteiger partial charge in [0.1, 0.15) is 43.6 Å². The van der Waals surface area contributed by atoms with Crippen molar-refractivity contribution in [1.29, 1.82) is 0 Å². The van der Waals surface area contributed by atoms with Crippen molar-refractivity contribution in [2.75, 3.05) is 59.4 Å². The number of carbonyl (C=O) groups excluding carboxylic acids is 2. The van der Waals surface area contributed by atoms with E-state index in [0.717, 1.165) is 10.8 Å². The van der Waals surface area contributed by atoms with Gasteiger partial charge in [-0.3, -0.25) is 32.8 Å². The molecule has 3 rings (SSSR count). The summed E-state index contributed by atoms with van der Waals surface area (Å²) < 4.78 is 73.6. The van der Waals surface area contributed by atoms with Crippen LogP contribution in [0.25, 0.3) is 20.9 Å². The minimum absolute atomic E-state index is 0.114. The molecule has 0 aliphatic carbocycles. The molecule has 1 saturated heterocycles. The lowest BCUT2D eigenvalue weighted by atomic mass is 10.2. The Bertz CT molecular complexity index is 2270. The second-order valence-electron chi connectivity index (χ2n) is 11.5. The standard InChI is InChI=1S/C28H38N11O19P3/c29-6-8-33-26(41)18-3-1-5-20(11-18)53-16-24(36-38-31)52-10-9-51-15-23(40)32-7-2-4-19-13-39(28(43)35-27(19)42)25-12-21(54-17-34-37-30)22(56-25)14-55-60(47,48)58-61(49,50)57-59(44,45)46/h1,3,5,11,13,21-22,24-25H,6-10,12,14-17,29H2,(H,32,40)(H,33,41)(H,47,48)(H,49,50)(H,35,42,43)(H2,44,45,46)/p-3. The Hall–Kier alpha value is -4.97. The minimum atomic E-state index is -6.19. The highest BCUT2D eigenvalue weighted by molar-refractivity contribution is 7.65. The number of nitrogens with two attached hydrogens (primary N) is 1. The van der Waals surface area contributed by atoms with Crippen LogP contribution < -0.4 is 47.0 Å². The van der Waals surface area contributed by atoms with E-state index in [0.29, 0.717) is 11.3 Å². The van der Waals surface area contributed by atoms with Gasteiger partial charge in [0.25, 0.3) is 19.3 Å². The third-order valence-corrected chi connectivity index (χ3v) is 10.9. The Morgan fingerprint density at radius 2 is 1.92 bits per heavy atom. The number of carbonyl (C=O) groups is 2. The third kappa shape index (κ3) is 18.7. The molecule has 1 aromatic carbocycles. The van der Waals surface area contributed by atoms with Crippen LogP contribution in [0.2, 0.25) is 0 Å². The fraction of sp³-hybridized carbons (Fsp3) is 0.500. The van der Waals surface area contributed by atoms with E-state index in [-0.39, 0.29) is 57.3 Å². The van der Waals surface area contributed by atoms with E-state index < -0.39 is 85.2 Å². The molecule has 30 nitrogen and oxygen atoms in total. The number of amides is 2. The second-order valence-corrected chi connectivity index (χ2v) is 15.8. The van der Waals surface area contributed by atoms with Crippen LogP contribution in [-0.2, 0) is 50.6 Å². The maximum atomic E-state index is 12.7. The molecule has 1 aromatic heterocycles. The topological polar surface area (TPSA) is 451 Å². The summed E-state index contributed by atoms with van der Waals surface area (Å²) in [5.41, 5.74) is 20.9. The molecule has 6 unspecified atom stereocenters. The van der Waals surface area contributed by atoms with Gasteiger partial charge in [-0.2, -0.15) is 0 Å². The van der Waals surface area contributed by atoms with Gasteiger partial charge in [0.05, 0.1) is 40.3 Å². The molecule has 334 valence electrons. The summed E-state index contributed by atoms with van der Waals surface area (Å²) in [6.45, 7) is -2.36. The Balaban J connectivity index is 1.51. The van der Waals surface area contributed by atoms with E-state index in [4.69, 9.17) is 40.5 Å². The Labute approximate surface area is 342 Å². The summed E-state index contributed by atoms with van der Waals surface area (Å²) in [7, 11) is -18.1. The number of nitrogens with one attached hydrogen (secondary N) is 3. The second kappa shape index (κ2) is 24.5. The van der Waals surface area contributed by atoms with Crippen LogP contribution in [0.15, 0.2) is 50.3 Å². The number of azide groups is 2. The summed E-state index contributed by atoms with van der Waals surface area (Å²) in [5.74, 6) is 4.28. The summed E-state index contributed by atoms with van der Waals surface area (Å²) in [6.07, 6.45) is -4.43. The SMILES string of the molecule is [N-]=[N+]=NCOC1CC(n2cc(C#CCNC(=O)COCCOC(COc3cccc(C(=O)NCCN)c3)N=[N+]=[N-])c(=O)[nH]c2=O)OC1COP(=O)([O-])OP(=O)(O)OP(=O)([O-])[O-]. The van der Waals surface area contributed by atoms with E-state index >= 15 is 0 Å². The first-order valence-electron chi connectivity index (χ1n) is 16.9. The fourth-order valence-electron chi connectivity index (χ4n) is 4.69. The zero-order valence-electron chi connectivity index (χ0n) is 31.1. The molecule has 2 amide bonds. The Morgan fingerprint density at radius 3 is 2.62 bits per heavy atom. The van der Waals surface area contributed by atoms with Crippen molar-refractivity contribution in [2.24, 2.45) is 16.0 Å². The van der Waals surface area contributed by atoms with Gasteiger partial charge in [-0.1, -0.05) is 28.1 Å². The van der Waals surface area contributed by atoms with E-state index in [9.17, 15) is 52.4 Å². The summed E-state index contributed by atoms with van der Waals surface area (Å²) in [5, 5.41) is 11.7. The van der Waals surface area contributed by atoms with Gasteiger partial charge in [0.15, 0.2) is 6.23 Å². The van der Waals surface area contributed by atoms with E-state index in [1.807, 2.05) is 4.98 Å². The molecule has 33 heteroatoms. The number of rotatable bonds is 25. The van der Waals surface area contributed by atoms with Gasteiger partial charge in [-0.05, 0) is 29.3 Å². The number of ether oxygens (including phenoxy) is 5. The zero-order valence-corrected chi connectivity index (χ0v) is 33.8. The van der Waals surface area contributed by atoms with Crippen molar-refractivity contribution in [3.8, 4) is 17.6 Å². The molecule has 2 heterocycles. The van der Waals surface area contributed by atoms with Crippen LogP contribution in [0.5, 0.6) is 5.75 Å². The molecule has 0 radical (unpaired) electrons. The quantitative estimate of drug-likeness (QED) is 0.0177. The molecule has 0 saturated carbocycles. The highest BCUT2D eigenvalue weighted by Crippen LogP contribution is 2.63. The molecule has 61 heavy (non-hydrogen) atoms. The molecule has 0 spiro atoms. The maximum absolute atomic E-state index is 12.7. The molecule has 6 atom stereocenters. The molecule has 0 bridgehead atoms. The highest BCUT2D eigenvalue weighted by atomic mass is 31.3. The van der Waals surface area contributed by atoms with Gasteiger partial charge < -0.3 is 68.7 Å². The largest absolute Gasteiger partial charge is 0.789 e. The van der Waals surface area contributed by atoms with Crippen LogP contribution >= 0.6 is 23.5 Å². The van der Waals surface area contributed by atoms with Crippen molar-refractivity contribution < 1.29 is 79.7 Å². The summed E-state index contributed by atoms with van der Waals surface area (Å²) in [6, 6.07) is 6.22. The lowest BCUT2D eigenvalue weighted by molar-refractivity contribution is -0.334. The fourth-order valence-corrected chi connectivity index (χ4v) is 7.62. The van der Waals surface area contributed by atoms with Crippen LogP contribution in [0.3, 0.4) is 0 Å². The lowest BCUT2D eigenvalue weighted by Gasteiger charge is -2.32. The first kappa shape index (κ1) is 50.4. The Morgan fingerprint density at radius 1 is 1.15 bits per heavy atom. The number of phosphoric acid groups is 3. The van der Waals surface area contributed by atoms with E-state index in [1.165, 1.54) is 6.07 Å². The third-order valence-electron chi connectivity index (χ3n) is 7.14. The molecule has 1 aliphatic heterocycles. The van der Waals surface area contributed by atoms with Gasteiger partial charge in [0.2, 0.25) is 5.91 Å². The lowest BCUT2D eigenvalue weighted by Crippen LogP contribution is -2.34. The average Bonchev–Trinajstić information content (AvgIpc) is 3.58. The average molecular weight is 923 g/mol. The highest BCUT2D eigenvalue weighted by Gasteiger charge is 2.39. The van der Waals surface area contributed by atoms with Crippen molar-refractivity contribution in [1.82, 2.24) is 20.2 Å². The number of phosphoric ester groups is 1. The van der Waals surface area contributed by atoms with Crippen LogP contribution in [0, 0.1) is 11.8 Å². The summed E-state index contributed by atoms with van der Waals surface area (Å²) in [4.78, 5) is 99.2. The number of hydrogen-bond donors (Lipinski definition) is 5. The van der Waals surface area contributed by atoms with Gasteiger partial charge in [-0.15, -0.1) is 0 Å². The summed E-state index contributed by atoms with van der Waals surface area (Å²) >= 11 is 0. The molecule has 6 N–H and O–H groups in total. The molecule has 2 aromatic rings. The van der Waals surface area contributed by atoms with Gasteiger partial charge in [0, 0.05) is 41.1 Å². The number of hydrogen-bond acceptors (Lipinski definition) is 21. The van der Waals surface area contributed by atoms with E-state index in [2.05, 4.69) is 55.7 Å². The predicted octanol–water partition coefficient (Wildman–Crippen LogP) is -2.17. The van der Waals surface area contributed by atoms with E-state index in [1.54, 1.807) is 18.2 Å². The minimum Gasteiger partial charge on any atom is -0.789 e. The first-order valence-corrected chi connectivity index (χ1v) is 21.3. The normalized spacial score (nSPS) is 18.5. The smallest absolute Gasteiger partial charge is 0.482 e. The number of nitrogens with zero attached hydrogens (tertiary/aromatic N) is 7. The molecular weight excluding hydrogens is 887 g/mol. The molecule has 1 aliphatic rings. The van der Waals surface area contributed by atoms with Crippen LogP contribution in [0.1, 0.15) is 28.6 Å².